The van der Waals surface area contributed by atoms with E-state index in [2.05, 4.69) is 19.2 Å². The zero-order chi connectivity index (χ0) is 14.9. The van der Waals surface area contributed by atoms with E-state index < -0.39 is 17.5 Å². The molecule has 0 spiro atoms. The van der Waals surface area contributed by atoms with Gasteiger partial charge in [0.2, 0.25) is 0 Å². The number of nitrogens with two attached hydrogens (primary N) is 1. The van der Waals surface area contributed by atoms with Gasteiger partial charge in [0.15, 0.2) is 0 Å². The van der Waals surface area contributed by atoms with E-state index in [1.54, 1.807) is 0 Å². The normalized spacial score (nSPS) is 18.8. The molecule has 0 bridgehead atoms. The van der Waals surface area contributed by atoms with Gasteiger partial charge < -0.3 is 11.1 Å². The molecule has 0 saturated heterocycles. The third kappa shape index (κ3) is 3.26. The van der Waals surface area contributed by atoms with E-state index in [1.165, 1.54) is 0 Å². The van der Waals surface area contributed by atoms with Gasteiger partial charge in [-0.15, -0.1) is 0 Å². The SMILES string of the molecule is CC1(C)CCC(Nc2cc(C(N)=O)c(F)cc2F)CC1. The highest BCUT2D eigenvalue weighted by Gasteiger charge is 2.27. The fraction of sp³-hybridized carbons (Fsp3) is 0.533. The first kappa shape index (κ1) is 14.8. The molecule has 1 fully saturated rings. The number of carbonyl (C=O) groups excluding carboxylic acids is 1. The topological polar surface area (TPSA) is 55.1 Å². The Morgan fingerprint density at radius 3 is 2.40 bits per heavy atom. The Hall–Kier alpha value is -1.65. The maximum absolute atomic E-state index is 13.7. The van der Waals surface area contributed by atoms with Crippen LogP contribution in [0.15, 0.2) is 12.1 Å². The van der Waals surface area contributed by atoms with Crippen molar-refractivity contribution in [3.05, 3.63) is 29.3 Å². The Bertz CT molecular complexity index is 519. The second kappa shape index (κ2) is 5.38. The second-order valence-corrected chi connectivity index (χ2v) is 6.26. The van der Waals surface area contributed by atoms with E-state index in [0.717, 1.165) is 31.7 Å². The Morgan fingerprint density at radius 1 is 1.25 bits per heavy atom. The Labute approximate surface area is 117 Å². The monoisotopic (exact) mass is 282 g/mol. The quantitative estimate of drug-likeness (QED) is 0.892. The highest BCUT2D eigenvalue weighted by Crippen LogP contribution is 2.36. The first-order valence-corrected chi connectivity index (χ1v) is 6.84. The number of halogens is 2. The van der Waals surface area contributed by atoms with Crippen molar-refractivity contribution < 1.29 is 13.6 Å². The first-order valence-electron chi connectivity index (χ1n) is 6.84. The van der Waals surface area contributed by atoms with Crippen molar-refractivity contribution in [1.29, 1.82) is 0 Å². The molecule has 2 rings (SSSR count). The molecule has 0 atom stereocenters. The van der Waals surface area contributed by atoms with Crippen molar-refractivity contribution in [2.45, 2.75) is 45.6 Å². The minimum Gasteiger partial charge on any atom is -0.380 e. The van der Waals surface area contributed by atoms with Crippen LogP contribution >= 0.6 is 0 Å². The smallest absolute Gasteiger partial charge is 0.251 e. The fourth-order valence-corrected chi connectivity index (χ4v) is 2.61. The van der Waals surface area contributed by atoms with Gasteiger partial charge in [-0.3, -0.25) is 4.79 Å². The summed E-state index contributed by atoms with van der Waals surface area (Å²) in [6.07, 6.45) is 3.96. The second-order valence-electron chi connectivity index (χ2n) is 6.26. The summed E-state index contributed by atoms with van der Waals surface area (Å²) < 4.78 is 27.1. The summed E-state index contributed by atoms with van der Waals surface area (Å²) >= 11 is 0. The van der Waals surface area contributed by atoms with Gasteiger partial charge in [-0.2, -0.15) is 0 Å². The lowest BCUT2D eigenvalue weighted by Gasteiger charge is -2.35. The molecular formula is C15H20F2N2O. The van der Waals surface area contributed by atoms with E-state index >= 15 is 0 Å². The van der Waals surface area contributed by atoms with Crippen molar-refractivity contribution in [2.24, 2.45) is 11.1 Å². The number of hydrogen-bond donors (Lipinski definition) is 2. The van der Waals surface area contributed by atoms with Gasteiger partial charge in [0.25, 0.3) is 5.91 Å². The molecule has 1 amide bonds. The predicted octanol–water partition coefficient (Wildman–Crippen LogP) is 3.44. The molecule has 3 N–H and O–H groups in total. The van der Waals surface area contributed by atoms with E-state index in [-0.39, 0.29) is 17.3 Å². The molecule has 0 unspecified atom stereocenters. The molecule has 20 heavy (non-hydrogen) atoms. The van der Waals surface area contributed by atoms with Crippen LogP contribution < -0.4 is 11.1 Å². The van der Waals surface area contributed by atoms with Crippen LogP contribution in [0.4, 0.5) is 14.5 Å². The van der Waals surface area contributed by atoms with Gasteiger partial charge in [0.05, 0.1) is 11.3 Å². The van der Waals surface area contributed by atoms with Crippen LogP contribution in [0.25, 0.3) is 0 Å². The molecule has 1 aliphatic rings. The van der Waals surface area contributed by atoms with Crippen LogP contribution in [0.1, 0.15) is 49.9 Å². The van der Waals surface area contributed by atoms with Crippen LogP contribution in [-0.4, -0.2) is 11.9 Å². The fourth-order valence-electron chi connectivity index (χ4n) is 2.61. The van der Waals surface area contributed by atoms with E-state index in [1.807, 2.05) is 0 Å². The van der Waals surface area contributed by atoms with Crippen molar-refractivity contribution in [3.63, 3.8) is 0 Å². The number of hydrogen-bond acceptors (Lipinski definition) is 2. The van der Waals surface area contributed by atoms with Crippen LogP contribution in [0.3, 0.4) is 0 Å². The number of benzene rings is 1. The number of carbonyl (C=O) groups is 1. The van der Waals surface area contributed by atoms with Crippen molar-refractivity contribution in [3.8, 4) is 0 Å². The summed E-state index contributed by atoms with van der Waals surface area (Å²) in [5.41, 5.74) is 5.25. The van der Waals surface area contributed by atoms with Gasteiger partial charge in [-0.05, 0) is 37.2 Å². The van der Waals surface area contributed by atoms with E-state index in [0.29, 0.717) is 11.5 Å². The van der Waals surface area contributed by atoms with Crippen LogP contribution in [-0.2, 0) is 0 Å². The largest absolute Gasteiger partial charge is 0.380 e. The summed E-state index contributed by atoms with van der Waals surface area (Å²) in [6.45, 7) is 4.43. The predicted molar refractivity (Wildman–Crippen MR) is 74.5 cm³/mol. The Balaban J connectivity index is 2.14. The van der Waals surface area contributed by atoms with Crippen molar-refractivity contribution in [1.82, 2.24) is 0 Å². The third-order valence-electron chi connectivity index (χ3n) is 4.02. The number of primary amides is 1. The molecule has 110 valence electrons. The lowest BCUT2D eigenvalue weighted by molar-refractivity contribution is 0.0996. The molecular weight excluding hydrogens is 262 g/mol. The third-order valence-corrected chi connectivity index (χ3v) is 4.02. The zero-order valence-corrected chi connectivity index (χ0v) is 11.8. The molecule has 1 aliphatic carbocycles. The zero-order valence-electron chi connectivity index (χ0n) is 11.8. The molecule has 5 heteroatoms. The minimum absolute atomic E-state index is 0.142. The molecule has 0 radical (unpaired) electrons. The van der Waals surface area contributed by atoms with Gasteiger partial charge in [-0.25, -0.2) is 8.78 Å². The number of nitrogens with one attached hydrogen (secondary N) is 1. The summed E-state index contributed by atoms with van der Waals surface area (Å²) in [5, 5.41) is 3.06. The van der Waals surface area contributed by atoms with Crippen molar-refractivity contribution >= 4 is 11.6 Å². The maximum atomic E-state index is 13.7. The molecule has 1 aromatic rings. The molecule has 1 saturated carbocycles. The van der Waals surface area contributed by atoms with E-state index in [4.69, 9.17) is 5.73 Å². The van der Waals surface area contributed by atoms with Crippen molar-refractivity contribution in [2.75, 3.05) is 5.32 Å². The standard InChI is InChI=1S/C15H20F2N2O/c1-15(2)5-3-9(4-6-15)19-13-7-10(14(18)20)11(16)8-12(13)17/h7-9,19H,3-6H2,1-2H3,(H2,18,20). The van der Waals surface area contributed by atoms with Gasteiger partial charge >= 0.3 is 0 Å². The molecule has 1 aromatic carbocycles. The van der Waals surface area contributed by atoms with Gasteiger partial charge in [-0.1, -0.05) is 13.8 Å². The average Bonchev–Trinajstić information content (AvgIpc) is 2.34. The molecule has 0 aliphatic heterocycles. The summed E-state index contributed by atoms with van der Waals surface area (Å²) in [4.78, 5) is 11.1. The lowest BCUT2D eigenvalue weighted by Crippen LogP contribution is -2.30. The summed E-state index contributed by atoms with van der Waals surface area (Å²) in [7, 11) is 0. The minimum atomic E-state index is -0.926. The number of rotatable bonds is 3. The Kier molecular flexibility index (Phi) is 3.97. The van der Waals surface area contributed by atoms with Crippen LogP contribution in [0, 0.1) is 17.0 Å². The number of amides is 1. The lowest BCUT2D eigenvalue weighted by atomic mass is 9.75. The molecule has 0 aromatic heterocycles. The summed E-state index contributed by atoms with van der Waals surface area (Å²) in [5.74, 6) is -2.52. The van der Waals surface area contributed by atoms with Gasteiger partial charge in [0, 0.05) is 12.1 Å². The first-order chi connectivity index (χ1) is 9.28. The van der Waals surface area contributed by atoms with Crippen LogP contribution in [0.5, 0.6) is 0 Å². The average molecular weight is 282 g/mol. The van der Waals surface area contributed by atoms with E-state index in [9.17, 15) is 13.6 Å². The van der Waals surface area contributed by atoms with Gasteiger partial charge in [0.1, 0.15) is 11.6 Å². The highest BCUT2D eigenvalue weighted by molar-refractivity contribution is 5.94. The van der Waals surface area contributed by atoms with Crippen LogP contribution in [0.2, 0.25) is 0 Å². The molecule has 0 heterocycles. The summed E-state index contributed by atoms with van der Waals surface area (Å²) in [6, 6.07) is 2.01. The highest BCUT2D eigenvalue weighted by atomic mass is 19.1. The molecule has 3 nitrogen and oxygen atoms in total. The maximum Gasteiger partial charge on any atom is 0.251 e. The Morgan fingerprint density at radius 2 is 1.85 bits per heavy atom. The number of anilines is 1.